The van der Waals surface area contributed by atoms with Gasteiger partial charge in [-0.2, -0.15) is 5.06 Å². The zero-order valence-electron chi connectivity index (χ0n) is 9.70. The van der Waals surface area contributed by atoms with E-state index in [2.05, 4.69) is 5.32 Å². The average molecular weight is 202 g/mol. The van der Waals surface area contributed by atoms with Gasteiger partial charge in [-0.3, -0.25) is 5.32 Å². The van der Waals surface area contributed by atoms with Crippen molar-refractivity contribution in [1.29, 1.82) is 0 Å². The molecule has 0 aliphatic carbocycles. The summed E-state index contributed by atoms with van der Waals surface area (Å²) in [5.41, 5.74) is -0.774. The molecular formula is C10H22N2O2. The molecule has 0 amide bonds. The lowest BCUT2D eigenvalue weighted by molar-refractivity contribution is -0.196. The van der Waals surface area contributed by atoms with Crippen LogP contribution in [0.25, 0.3) is 0 Å². The van der Waals surface area contributed by atoms with E-state index in [4.69, 9.17) is 0 Å². The Morgan fingerprint density at radius 3 is 2.14 bits per heavy atom. The molecule has 1 heterocycles. The van der Waals surface area contributed by atoms with Crippen molar-refractivity contribution in [3.63, 3.8) is 0 Å². The monoisotopic (exact) mass is 202 g/mol. The first-order valence-electron chi connectivity index (χ1n) is 5.13. The fourth-order valence-corrected chi connectivity index (χ4v) is 2.22. The number of hydrogen-bond acceptors (Lipinski definition) is 4. The van der Waals surface area contributed by atoms with E-state index in [1.807, 2.05) is 27.7 Å². The summed E-state index contributed by atoms with van der Waals surface area (Å²) in [5.74, 6) is 0. The number of rotatable bonds is 2. The van der Waals surface area contributed by atoms with Crippen molar-refractivity contribution in [2.45, 2.75) is 64.4 Å². The maximum Gasteiger partial charge on any atom is 0.0903 e. The van der Waals surface area contributed by atoms with Crippen LogP contribution in [-0.2, 0) is 0 Å². The van der Waals surface area contributed by atoms with Crippen LogP contribution in [0.5, 0.6) is 0 Å². The quantitative estimate of drug-likeness (QED) is 0.623. The van der Waals surface area contributed by atoms with Crippen LogP contribution in [-0.4, -0.2) is 38.7 Å². The van der Waals surface area contributed by atoms with Gasteiger partial charge in [0.05, 0.1) is 17.3 Å². The summed E-state index contributed by atoms with van der Waals surface area (Å²) in [6.45, 7) is 9.57. The molecule has 1 fully saturated rings. The third-order valence-electron chi connectivity index (χ3n) is 3.03. The molecule has 1 saturated heterocycles. The van der Waals surface area contributed by atoms with Crippen LogP contribution in [0.1, 0.15) is 41.0 Å². The van der Waals surface area contributed by atoms with E-state index in [0.29, 0.717) is 6.42 Å². The van der Waals surface area contributed by atoms with Gasteiger partial charge < -0.3 is 10.3 Å². The molecule has 4 heteroatoms. The number of nitrogens with zero attached hydrogens (tertiary/aromatic N) is 1. The van der Waals surface area contributed by atoms with Crippen molar-refractivity contribution in [2.75, 3.05) is 0 Å². The highest BCUT2D eigenvalue weighted by Gasteiger charge is 2.50. The van der Waals surface area contributed by atoms with Crippen LogP contribution in [0.15, 0.2) is 0 Å². The van der Waals surface area contributed by atoms with Crippen LogP contribution < -0.4 is 5.32 Å². The zero-order valence-corrected chi connectivity index (χ0v) is 9.70. The van der Waals surface area contributed by atoms with E-state index in [1.165, 1.54) is 5.06 Å². The Morgan fingerprint density at radius 2 is 1.86 bits per heavy atom. The van der Waals surface area contributed by atoms with Gasteiger partial charge in [-0.05, 0) is 41.0 Å². The fraction of sp³-hybridized carbons (Fsp3) is 1.00. The van der Waals surface area contributed by atoms with Gasteiger partial charge in [-0.1, -0.05) is 0 Å². The molecule has 2 atom stereocenters. The highest BCUT2D eigenvalue weighted by atomic mass is 16.5. The summed E-state index contributed by atoms with van der Waals surface area (Å²) in [6.07, 6.45) is 0.294. The van der Waals surface area contributed by atoms with Gasteiger partial charge in [0.15, 0.2) is 0 Å². The second-order valence-corrected chi connectivity index (χ2v) is 5.31. The van der Waals surface area contributed by atoms with Crippen LogP contribution in [0.2, 0.25) is 0 Å². The Labute approximate surface area is 85.9 Å². The smallest absolute Gasteiger partial charge is 0.0903 e. The van der Waals surface area contributed by atoms with Crippen molar-refractivity contribution in [3.05, 3.63) is 0 Å². The van der Waals surface area contributed by atoms with Crippen molar-refractivity contribution < 1.29 is 10.3 Å². The number of hydrogen-bond donors (Lipinski definition) is 3. The van der Waals surface area contributed by atoms with Crippen LogP contribution in [0, 0.1) is 0 Å². The molecule has 0 aromatic heterocycles. The highest BCUT2D eigenvalue weighted by Crippen LogP contribution is 2.34. The number of aliphatic hydroxyl groups excluding tert-OH is 1. The molecule has 0 spiro atoms. The lowest BCUT2D eigenvalue weighted by Crippen LogP contribution is -2.49. The van der Waals surface area contributed by atoms with Crippen LogP contribution >= 0.6 is 0 Å². The van der Waals surface area contributed by atoms with E-state index >= 15 is 0 Å². The summed E-state index contributed by atoms with van der Waals surface area (Å²) >= 11 is 0. The van der Waals surface area contributed by atoms with Crippen molar-refractivity contribution in [1.82, 2.24) is 10.4 Å². The molecule has 0 aromatic carbocycles. The Bertz CT molecular complexity index is 214. The Hall–Kier alpha value is -0.160. The Kier molecular flexibility index (Phi) is 2.94. The molecule has 0 bridgehead atoms. The molecule has 0 radical (unpaired) electrons. The van der Waals surface area contributed by atoms with E-state index < -0.39 is 5.66 Å². The zero-order chi connectivity index (χ0) is 11.1. The van der Waals surface area contributed by atoms with Crippen LogP contribution in [0.4, 0.5) is 0 Å². The van der Waals surface area contributed by atoms with Gasteiger partial charge in [-0.25, -0.2) is 0 Å². The average Bonchev–Trinajstić information content (AvgIpc) is 2.12. The van der Waals surface area contributed by atoms with Gasteiger partial charge in [0.1, 0.15) is 0 Å². The fourth-order valence-electron chi connectivity index (χ4n) is 2.22. The van der Waals surface area contributed by atoms with E-state index in [0.717, 1.165) is 0 Å². The minimum Gasteiger partial charge on any atom is -0.393 e. The van der Waals surface area contributed by atoms with Crippen LogP contribution in [0.3, 0.4) is 0 Å². The van der Waals surface area contributed by atoms with E-state index in [-0.39, 0.29) is 17.7 Å². The third kappa shape index (κ3) is 1.93. The Balaban J connectivity index is 2.80. The number of hydroxylamine groups is 2. The predicted molar refractivity (Wildman–Crippen MR) is 55.0 cm³/mol. The highest BCUT2D eigenvalue weighted by molar-refractivity contribution is 5.04. The number of aliphatic hydroxyl groups is 1. The summed E-state index contributed by atoms with van der Waals surface area (Å²) in [5, 5.41) is 24.0. The minimum absolute atomic E-state index is 0.0995. The molecule has 4 nitrogen and oxygen atoms in total. The molecule has 14 heavy (non-hydrogen) atoms. The molecule has 1 rings (SSSR count). The standard InChI is InChI=1S/C10H22N2O2/c1-7(13)6-8-9(2,3)12(14)10(4,5)11-8/h7-8,11,13-14H,6H2,1-5H3. The largest absolute Gasteiger partial charge is 0.393 e. The van der Waals surface area contributed by atoms with E-state index in [1.54, 1.807) is 6.92 Å². The normalized spacial score (nSPS) is 33.2. The molecule has 0 saturated carbocycles. The van der Waals surface area contributed by atoms with Gasteiger partial charge in [0.2, 0.25) is 0 Å². The lowest BCUT2D eigenvalue weighted by atomic mass is 9.92. The third-order valence-corrected chi connectivity index (χ3v) is 3.03. The number of nitrogens with one attached hydrogen (secondary N) is 1. The van der Waals surface area contributed by atoms with Gasteiger partial charge >= 0.3 is 0 Å². The lowest BCUT2D eigenvalue weighted by Gasteiger charge is -2.34. The molecule has 1 aliphatic rings. The Morgan fingerprint density at radius 1 is 1.36 bits per heavy atom. The van der Waals surface area contributed by atoms with Crippen molar-refractivity contribution in [2.24, 2.45) is 0 Å². The maximum atomic E-state index is 9.96. The van der Waals surface area contributed by atoms with Gasteiger partial charge in [-0.15, -0.1) is 0 Å². The summed E-state index contributed by atoms with van der Waals surface area (Å²) in [6, 6.07) is 0.0995. The summed E-state index contributed by atoms with van der Waals surface area (Å²) < 4.78 is 0. The predicted octanol–water partition coefficient (Wildman–Crippen LogP) is 0.935. The molecule has 84 valence electrons. The second kappa shape index (κ2) is 3.45. The molecule has 0 aromatic rings. The SMILES string of the molecule is CC(O)CC1NC(C)(C)N(O)C1(C)C. The first-order chi connectivity index (χ1) is 6.18. The molecule has 3 N–H and O–H groups in total. The summed E-state index contributed by atoms with van der Waals surface area (Å²) in [7, 11) is 0. The summed E-state index contributed by atoms with van der Waals surface area (Å²) in [4.78, 5) is 0. The second-order valence-electron chi connectivity index (χ2n) is 5.31. The van der Waals surface area contributed by atoms with Gasteiger partial charge in [0.25, 0.3) is 0 Å². The maximum absolute atomic E-state index is 9.96. The first-order valence-corrected chi connectivity index (χ1v) is 5.13. The van der Waals surface area contributed by atoms with Gasteiger partial charge in [0, 0.05) is 6.04 Å². The van der Waals surface area contributed by atoms with E-state index in [9.17, 15) is 10.3 Å². The van der Waals surface area contributed by atoms with Crippen molar-refractivity contribution in [3.8, 4) is 0 Å². The molecular weight excluding hydrogens is 180 g/mol. The molecule has 1 aliphatic heterocycles. The topological polar surface area (TPSA) is 55.7 Å². The minimum atomic E-state index is -0.428. The molecule has 2 unspecified atom stereocenters. The van der Waals surface area contributed by atoms with Crippen molar-refractivity contribution >= 4 is 0 Å². The first kappa shape index (κ1) is 11.9.